The third-order valence-corrected chi connectivity index (χ3v) is 3.63. The van der Waals surface area contributed by atoms with Gasteiger partial charge in [0.25, 0.3) is 0 Å². The highest BCUT2D eigenvalue weighted by atomic mass is 16.5. The summed E-state index contributed by atoms with van der Waals surface area (Å²) >= 11 is 0. The van der Waals surface area contributed by atoms with Gasteiger partial charge < -0.3 is 20.1 Å². The Morgan fingerprint density at radius 3 is 2.89 bits per heavy atom. The normalized spacial score (nSPS) is 20.3. The van der Waals surface area contributed by atoms with Gasteiger partial charge in [0.15, 0.2) is 0 Å². The van der Waals surface area contributed by atoms with Crippen molar-refractivity contribution in [3.63, 3.8) is 0 Å². The van der Waals surface area contributed by atoms with Crippen molar-refractivity contribution in [3.05, 3.63) is 23.8 Å². The first kappa shape index (κ1) is 14.2. The molecule has 0 aromatic heterocycles. The molecule has 0 saturated carbocycles. The number of methoxy groups -OCH3 is 1. The number of nitrogens with two attached hydrogens (primary N) is 1. The van der Waals surface area contributed by atoms with Gasteiger partial charge in [0.2, 0.25) is 0 Å². The van der Waals surface area contributed by atoms with E-state index in [4.69, 9.17) is 15.2 Å². The SMILES string of the molecule is COc1cccc(N(C)CC2CCCO2)c1[C@H](C)N. The molecule has 2 rings (SSSR count). The Bertz CT molecular complexity index is 415. The number of hydrogen-bond acceptors (Lipinski definition) is 4. The first-order chi connectivity index (χ1) is 9.13. The molecule has 1 aliphatic heterocycles. The van der Waals surface area contributed by atoms with Crippen LogP contribution >= 0.6 is 0 Å². The summed E-state index contributed by atoms with van der Waals surface area (Å²) in [6, 6.07) is 6.00. The molecule has 4 heteroatoms. The number of rotatable bonds is 5. The van der Waals surface area contributed by atoms with Gasteiger partial charge in [-0.05, 0) is 31.9 Å². The van der Waals surface area contributed by atoms with Gasteiger partial charge in [0, 0.05) is 37.5 Å². The second-order valence-electron chi connectivity index (χ2n) is 5.20. The van der Waals surface area contributed by atoms with Gasteiger partial charge in [0.05, 0.1) is 13.2 Å². The predicted molar refractivity (Wildman–Crippen MR) is 77.8 cm³/mol. The Hall–Kier alpha value is -1.26. The summed E-state index contributed by atoms with van der Waals surface area (Å²) in [5, 5.41) is 0. The molecule has 2 N–H and O–H groups in total. The average molecular weight is 264 g/mol. The maximum Gasteiger partial charge on any atom is 0.125 e. The molecule has 2 atom stereocenters. The second-order valence-corrected chi connectivity index (χ2v) is 5.20. The number of ether oxygens (including phenoxy) is 2. The lowest BCUT2D eigenvalue weighted by atomic mass is 10.0. The summed E-state index contributed by atoms with van der Waals surface area (Å²) in [5.74, 6) is 0.853. The topological polar surface area (TPSA) is 47.7 Å². The zero-order valence-electron chi connectivity index (χ0n) is 12.1. The van der Waals surface area contributed by atoms with Crippen LogP contribution in [0.15, 0.2) is 18.2 Å². The van der Waals surface area contributed by atoms with Crippen LogP contribution in [-0.4, -0.2) is 33.4 Å². The molecule has 4 nitrogen and oxygen atoms in total. The van der Waals surface area contributed by atoms with Crippen molar-refractivity contribution in [3.8, 4) is 5.75 Å². The van der Waals surface area contributed by atoms with E-state index in [0.29, 0.717) is 6.10 Å². The van der Waals surface area contributed by atoms with Gasteiger partial charge in [-0.15, -0.1) is 0 Å². The molecule has 0 bridgehead atoms. The van der Waals surface area contributed by atoms with Crippen molar-refractivity contribution < 1.29 is 9.47 Å². The van der Waals surface area contributed by atoms with Crippen LogP contribution in [0.4, 0.5) is 5.69 Å². The summed E-state index contributed by atoms with van der Waals surface area (Å²) in [6.45, 7) is 3.77. The standard InChI is InChI=1S/C15H24N2O2/c1-11(16)15-13(7-4-8-14(15)18-3)17(2)10-12-6-5-9-19-12/h4,7-8,11-12H,5-6,9-10,16H2,1-3H3/t11-,12?/m0/s1. The molecule has 1 unspecified atom stereocenters. The van der Waals surface area contributed by atoms with Crippen molar-refractivity contribution in [2.24, 2.45) is 5.73 Å². The second kappa shape index (κ2) is 6.26. The fourth-order valence-electron chi connectivity index (χ4n) is 2.69. The average Bonchev–Trinajstić information content (AvgIpc) is 2.90. The minimum atomic E-state index is -0.0573. The summed E-state index contributed by atoms with van der Waals surface area (Å²) in [6.07, 6.45) is 2.63. The number of anilines is 1. The lowest BCUT2D eigenvalue weighted by molar-refractivity contribution is 0.116. The fraction of sp³-hybridized carbons (Fsp3) is 0.600. The summed E-state index contributed by atoms with van der Waals surface area (Å²) in [7, 11) is 3.77. The first-order valence-corrected chi connectivity index (χ1v) is 6.88. The van der Waals surface area contributed by atoms with E-state index in [1.807, 2.05) is 19.1 Å². The Labute approximate surface area is 115 Å². The molecule has 1 aromatic carbocycles. The van der Waals surface area contributed by atoms with Crippen LogP contribution < -0.4 is 15.4 Å². The molecule has 1 aromatic rings. The van der Waals surface area contributed by atoms with E-state index in [2.05, 4.69) is 18.0 Å². The zero-order chi connectivity index (χ0) is 13.8. The maximum absolute atomic E-state index is 6.10. The lowest BCUT2D eigenvalue weighted by Gasteiger charge is -2.27. The van der Waals surface area contributed by atoms with Crippen LogP contribution in [-0.2, 0) is 4.74 Å². The van der Waals surface area contributed by atoms with E-state index in [1.165, 1.54) is 0 Å². The molecule has 106 valence electrons. The molecule has 1 aliphatic rings. The maximum atomic E-state index is 6.10. The number of likely N-dealkylation sites (N-methyl/N-ethyl adjacent to an activating group) is 1. The predicted octanol–water partition coefficient (Wildman–Crippen LogP) is 2.33. The highest BCUT2D eigenvalue weighted by Gasteiger charge is 2.21. The van der Waals surface area contributed by atoms with Gasteiger partial charge in [-0.3, -0.25) is 0 Å². The first-order valence-electron chi connectivity index (χ1n) is 6.88. The van der Waals surface area contributed by atoms with Crippen LogP contribution in [0.5, 0.6) is 5.75 Å². The van der Waals surface area contributed by atoms with E-state index >= 15 is 0 Å². The molecule has 0 amide bonds. The van der Waals surface area contributed by atoms with Crippen LogP contribution in [0, 0.1) is 0 Å². The zero-order valence-corrected chi connectivity index (χ0v) is 12.1. The van der Waals surface area contributed by atoms with Gasteiger partial charge in [-0.25, -0.2) is 0 Å². The van der Waals surface area contributed by atoms with Crippen LogP contribution in [0.25, 0.3) is 0 Å². The third-order valence-electron chi connectivity index (χ3n) is 3.63. The van der Waals surface area contributed by atoms with E-state index in [9.17, 15) is 0 Å². The molecular formula is C15H24N2O2. The van der Waals surface area contributed by atoms with Crippen molar-refractivity contribution in [2.45, 2.75) is 31.9 Å². The van der Waals surface area contributed by atoms with E-state index in [1.54, 1.807) is 7.11 Å². The van der Waals surface area contributed by atoms with Crippen molar-refractivity contribution in [1.82, 2.24) is 0 Å². The number of benzene rings is 1. The Morgan fingerprint density at radius 2 is 2.32 bits per heavy atom. The summed E-state index contributed by atoms with van der Waals surface area (Å²) < 4.78 is 11.1. The van der Waals surface area contributed by atoms with Crippen LogP contribution in [0.3, 0.4) is 0 Å². The van der Waals surface area contributed by atoms with Gasteiger partial charge >= 0.3 is 0 Å². The van der Waals surface area contributed by atoms with E-state index < -0.39 is 0 Å². The summed E-state index contributed by atoms with van der Waals surface area (Å²) in [4.78, 5) is 2.22. The minimum Gasteiger partial charge on any atom is -0.496 e. The molecule has 0 radical (unpaired) electrons. The van der Waals surface area contributed by atoms with Crippen molar-refractivity contribution in [2.75, 3.05) is 32.2 Å². The largest absolute Gasteiger partial charge is 0.496 e. The number of hydrogen-bond donors (Lipinski definition) is 1. The van der Waals surface area contributed by atoms with Gasteiger partial charge in [0.1, 0.15) is 5.75 Å². The highest BCUT2D eigenvalue weighted by Crippen LogP contribution is 2.33. The lowest BCUT2D eigenvalue weighted by Crippen LogP contribution is -2.30. The Balaban J connectivity index is 2.22. The fourth-order valence-corrected chi connectivity index (χ4v) is 2.69. The summed E-state index contributed by atoms with van der Waals surface area (Å²) in [5.41, 5.74) is 8.29. The van der Waals surface area contributed by atoms with Gasteiger partial charge in [-0.1, -0.05) is 6.07 Å². The van der Waals surface area contributed by atoms with Crippen LogP contribution in [0.1, 0.15) is 31.4 Å². The Morgan fingerprint density at radius 1 is 1.53 bits per heavy atom. The van der Waals surface area contributed by atoms with Crippen LogP contribution in [0.2, 0.25) is 0 Å². The van der Waals surface area contributed by atoms with Gasteiger partial charge in [-0.2, -0.15) is 0 Å². The molecule has 0 spiro atoms. The van der Waals surface area contributed by atoms with E-state index in [0.717, 1.165) is 43.0 Å². The molecule has 1 saturated heterocycles. The molecule has 1 fully saturated rings. The van der Waals surface area contributed by atoms with E-state index in [-0.39, 0.29) is 6.04 Å². The smallest absolute Gasteiger partial charge is 0.125 e. The monoisotopic (exact) mass is 264 g/mol. The minimum absolute atomic E-state index is 0.0573. The quantitative estimate of drug-likeness (QED) is 0.886. The molecule has 19 heavy (non-hydrogen) atoms. The van der Waals surface area contributed by atoms with Crippen molar-refractivity contribution >= 4 is 5.69 Å². The third kappa shape index (κ3) is 3.19. The highest BCUT2D eigenvalue weighted by molar-refractivity contribution is 5.60. The molecule has 0 aliphatic carbocycles. The Kier molecular flexibility index (Phi) is 4.66. The molecular weight excluding hydrogens is 240 g/mol. The number of nitrogens with zero attached hydrogens (tertiary/aromatic N) is 1. The molecule has 1 heterocycles. The van der Waals surface area contributed by atoms with Crippen molar-refractivity contribution in [1.29, 1.82) is 0 Å².